The number of nitrogens with zero attached hydrogens (tertiary/aromatic N) is 1. The van der Waals surface area contributed by atoms with Crippen LogP contribution in [-0.4, -0.2) is 18.1 Å². The molecule has 82 valence electrons. The molecule has 2 aliphatic rings. The molecule has 1 aromatic rings. The molecule has 0 N–H and O–H groups in total. The summed E-state index contributed by atoms with van der Waals surface area (Å²) in [5.74, 6) is -1.17. The van der Waals surface area contributed by atoms with E-state index in [9.17, 15) is 14.0 Å². The van der Waals surface area contributed by atoms with Crippen LogP contribution in [0.1, 0.15) is 23.2 Å². The molecule has 1 amide bonds. The number of carbonyl (C=O) groups excluding carboxylic acids is 2. The van der Waals surface area contributed by atoms with Gasteiger partial charge in [0.2, 0.25) is 5.91 Å². The molecule has 0 aliphatic carbocycles. The number of esters is 1. The average Bonchev–Trinajstić information content (AvgIpc) is 2.61. The van der Waals surface area contributed by atoms with Crippen molar-refractivity contribution in [3.63, 3.8) is 0 Å². The minimum Gasteiger partial charge on any atom is -0.437 e. The Labute approximate surface area is 90.6 Å². The van der Waals surface area contributed by atoms with E-state index in [2.05, 4.69) is 0 Å². The van der Waals surface area contributed by atoms with Crippen LogP contribution < -0.4 is 4.90 Å². The lowest BCUT2D eigenvalue weighted by Crippen LogP contribution is -2.41. The maximum absolute atomic E-state index is 13.0. The highest BCUT2D eigenvalue weighted by atomic mass is 19.1. The van der Waals surface area contributed by atoms with Crippen molar-refractivity contribution in [2.75, 3.05) is 4.90 Å². The van der Waals surface area contributed by atoms with Crippen molar-refractivity contribution in [1.82, 2.24) is 0 Å². The number of ether oxygens (including phenoxy) is 1. The predicted octanol–water partition coefficient (Wildman–Crippen LogP) is 1.45. The Bertz CT molecular complexity index is 500. The quantitative estimate of drug-likeness (QED) is 0.623. The molecule has 5 heteroatoms. The number of benzene rings is 1. The Morgan fingerprint density at radius 2 is 2.19 bits per heavy atom. The van der Waals surface area contributed by atoms with Crippen LogP contribution in [0.4, 0.5) is 10.1 Å². The Hall–Kier alpha value is -1.91. The topological polar surface area (TPSA) is 46.6 Å². The summed E-state index contributed by atoms with van der Waals surface area (Å²) in [5, 5.41) is 0. The van der Waals surface area contributed by atoms with Gasteiger partial charge in [0.15, 0.2) is 6.23 Å². The third kappa shape index (κ3) is 1.14. The van der Waals surface area contributed by atoms with Gasteiger partial charge in [-0.15, -0.1) is 0 Å². The summed E-state index contributed by atoms with van der Waals surface area (Å²) in [6.07, 6.45) is 0.342. The summed E-state index contributed by atoms with van der Waals surface area (Å²) in [6.45, 7) is 0. The maximum atomic E-state index is 13.0. The zero-order valence-corrected chi connectivity index (χ0v) is 8.27. The second-order valence-electron chi connectivity index (χ2n) is 3.82. The van der Waals surface area contributed by atoms with E-state index in [0.29, 0.717) is 18.5 Å². The van der Waals surface area contributed by atoms with Gasteiger partial charge >= 0.3 is 5.97 Å². The van der Waals surface area contributed by atoms with Crippen LogP contribution in [0, 0.1) is 5.82 Å². The Morgan fingerprint density at radius 3 is 3.00 bits per heavy atom. The van der Waals surface area contributed by atoms with Gasteiger partial charge in [0.05, 0.1) is 11.3 Å². The van der Waals surface area contributed by atoms with Gasteiger partial charge in [0.1, 0.15) is 5.82 Å². The molecule has 4 nitrogen and oxygen atoms in total. The molecule has 1 aromatic carbocycles. The number of anilines is 1. The van der Waals surface area contributed by atoms with Crippen LogP contribution >= 0.6 is 0 Å². The Balaban J connectivity index is 2.18. The summed E-state index contributed by atoms with van der Waals surface area (Å²) >= 11 is 0. The molecule has 16 heavy (non-hydrogen) atoms. The minimum absolute atomic E-state index is 0.0923. The van der Waals surface area contributed by atoms with Crippen molar-refractivity contribution in [2.24, 2.45) is 0 Å². The van der Waals surface area contributed by atoms with Gasteiger partial charge in [-0.25, -0.2) is 9.18 Å². The summed E-state index contributed by atoms with van der Waals surface area (Å²) < 4.78 is 18.1. The SMILES string of the molecule is O=C1OC2CCC(=O)N2c2ccc(F)cc21. The maximum Gasteiger partial charge on any atom is 0.342 e. The van der Waals surface area contributed by atoms with Crippen molar-refractivity contribution in [3.05, 3.63) is 29.6 Å². The van der Waals surface area contributed by atoms with E-state index >= 15 is 0 Å². The number of fused-ring (bicyclic) bond motifs is 3. The fourth-order valence-electron chi connectivity index (χ4n) is 2.13. The lowest BCUT2D eigenvalue weighted by atomic mass is 10.1. The summed E-state index contributed by atoms with van der Waals surface area (Å²) in [5.41, 5.74) is 0.566. The Kier molecular flexibility index (Phi) is 1.77. The third-order valence-electron chi connectivity index (χ3n) is 2.84. The van der Waals surface area contributed by atoms with Gasteiger partial charge in [-0.3, -0.25) is 9.69 Å². The number of halogens is 1. The smallest absolute Gasteiger partial charge is 0.342 e. The molecule has 0 bridgehead atoms. The van der Waals surface area contributed by atoms with Crippen molar-refractivity contribution >= 4 is 17.6 Å². The number of amides is 1. The molecular formula is C11H8FNO3. The predicted molar refractivity (Wildman–Crippen MR) is 52.3 cm³/mol. The van der Waals surface area contributed by atoms with Crippen molar-refractivity contribution < 1.29 is 18.7 Å². The van der Waals surface area contributed by atoms with Crippen LogP contribution in [0.2, 0.25) is 0 Å². The van der Waals surface area contributed by atoms with Crippen LogP contribution in [-0.2, 0) is 9.53 Å². The van der Waals surface area contributed by atoms with Gasteiger partial charge in [0.25, 0.3) is 0 Å². The second kappa shape index (κ2) is 3.04. The fourth-order valence-corrected chi connectivity index (χ4v) is 2.13. The molecule has 2 aliphatic heterocycles. The van der Waals surface area contributed by atoms with E-state index in [1.807, 2.05) is 0 Å². The van der Waals surface area contributed by atoms with Gasteiger partial charge in [-0.05, 0) is 18.2 Å². The zero-order chi connectivity index (χ0) is 11.3. The number of hydrogen-bond acceptors (Lipinski definition) is 3. The van der Waals surface area contributed by atoms with Gasteiger partial charge in [-0.1, -0.05) is 0 Å². The lowest BCUT2D eigenvalue weighted by Gasteiger charge is -2.30. The summed E-state index contributed by atoms with van der Waals surface area (Å²) in [4.78, 5) is 24.6. The lowest BCUT2D eigenvalue weighted by molar-refractivity contribution is -0.117. The average molecular weight is 221 g/mol. The summed E-state index contributed by atoms with van der Waals surface area (Å²) in [6, 6.07) is 3.78. The van der Waals surface area contributed by atoms with Crippen molar-refractivity contribution in [2.45, 2.75) is 19.1 Å². The third-order valence-corrected chi connectivity index (χ3v) is 2.84. The van der Waals surface area contributed by atoms with Crippen LogP contribution in [0.15, 0.2) is 18.2 Å². The monoisotopic (exact) mass is 221 g/mol. The summed E-state index contributed by atoms with van der Waals surface area (Å²) in [7, 11) is 0. The van der Waals surface area contributed by atoms with Crippen LogP contribution in [0.25, 0.3) is 0 Å². The molecule has 1 unspecified atom stereocenters. The fraction of sp³-hybridized carbons (Fsp3) is 0.273. The molecule has 0 saturated carbocycles. The molecule has 0 spiro atoms. The second-order valence-corrected chi connectivity index (χ2v) is 3.82. The van der Waals surface area contributed by atoms with E-state index in [0.717, 1.165) is 6.07 Å². The van der Waals surface area contributed by atoms with Crippen LogP contribution in [0.3, 0.4) is 0 Å². The molecule has 1 fully saturated rings. The Morgan fingerprint density at radius 1 is 1.38 bits per heavy atom. The van der Waals surface area contributed by atoms with Gasteiger partial charge in [0, 0.05) is 12.8 Å². The number of carbonyl (C=O) groups is 2. The highest BCUT2D eigenvalue weighted by molar-refractivity contribution is 6.06. The van der Waals surface area contributed by atoms with Crippen LogP contribution in [0.5, 0.6) is 0 Å². The minimum atomic E-state index is -0.564. The largest absolute Gasteiger partial charge is 0.437 e. The number of rotatable bonds is 0. The first-order valence-electron chi connectivity index (χ1n) is 4.99. The first-order chi connectivity index (χ1) is 7.66. The molecule has 1 atom stereocenters. The van der Waals surface area contributed by atoms with Crippen molar-refractivity contribution in [3.8, 4) is 0 Å². The standard InChI is InChI=1S/C11H8FNO3/c12-6-1-2-8-7(5-6)11(15)16-10-4-3-9(14)13(8)10/h1-2,5,10H,3-4H2. The first-order valence-corrected chi connectivity index (χ1v) is 4.99. The normalized spacial score (nSPS) is 22.8. The zero-order valence-electron chi connectivity index (χ0n) is 8.27. The van der Waals surface area contributed by atoms with Gasteiger partial charge < -0.3 is 4.74 Å². The molecule has 1 saturated heterocycles. The highest BCUT2D eigenvalue weighted by Gasteiger charge is 2.41. The van der Waals surface area contributed by atoms with Gasteiger partial charge in [-0.2, -0.15) is 0 Å². The van der Waals surface area contributed by atoms with Crippen molar-refractivity contribution in [1.29, 1.82) is 0 Å². The highest BCUT2D eigenvalue weighted by Crippen LogP contribution is 2.35. The van der Waals surface area contributed by atoms with E-state index in [-0.39, 0.29) is 11.5 Å². The van der Waals surface area contributed by atoms with E-state index in [1.165, 1.54) is 17.0 Å². The van der Waals surface area contributed by atoms with E-state index in [1.54, 1.807) is 0 Å². The molecule has 0 radical (unpaired) electrons. The van der Waals surface area contributed by atoms with E-state index < -0.39 is 18.0 Å². The number of hydrogen-bond donors (Lipinski definition) is 0. The van der Waals surface area contributed by atoms with E-state index in [4.69, 9.17) is 4.74 Å². The molecule has 2 heterocycles. The first kappa shape index (κ1) is 9.33. The molecule has 3 rings (SSSR count). The molecule has 0 aromatic heterocycles. The molecular weight excluding hydrogens is 213 g/mol.